The Bertz CT molecular complexity index is 282. The van der Waals surface area contributed by atoms with E-state index < -0.39 is 11.5 Å². The van der Waals surface area contributed by atoms with Crippen molar-refractivity contribution in [3.63, 3.8) is 0 Å². The normalized spacial score (nSPS) is 25.6. The molecule has 1 aliphatic rings. The van der Waals surface area contributed by atoms with Crippen LogP contribution in [0, 0.1) is 0 Å². The van der Waals surface area contributed by atoms with E-state index in [0.717, 1.165) is 6.42 Å². The Kier molecular flexibility index (Phi) is 4.26. The molecule has 6 heteroatoms. The second-order valence-corrected chi connectivity index (χ2v) is 4.27. The molecule has 1 atom stereocenters. The highest BCUT2D eigenvalue weighted by Gasteiger charge is 2.41. The van der Waals surface area contributed by atoms with Crippen molar-refractivity contribution in [1.29, 1.82) is 0 Å². The summed E-state index contributed by atoms with van der Waals surface area (Å²) < 4.78 is 0. The highest BCUT2D eigenvalue weighted by atomic mass is 16.4. The summed E-state index contributed by atoms with van der Waals surface area (Å²) >= 11 is 0. The van der Waals surface area contributed by atoms with Gasteiger partial charge in [0, 0.05) is 19.6 Å². The zero-order valence-corrected chi connectivity index (χ0v) is 9.53. The Morgan fingerprint density at radius 2 is 2.25 bits per heavy atom. The van der Waals surface area contributed by atoms with Crippen molar-refractivity contribution >= 4 is 11.9 Å². The number of carboxylic acids is 1. The minimum absolute atomic E-state index is 0.0727. The molecule has 1 amide bonds. The molecule has 0 bridgehead atoms. The summed E-state index contributed by atoms with van der Waals surface area (Å²) in [7, 11) is 0. The monoisotopic (exact) mass is 229 g/mol. The van der Waals surface area contributed by atoms with Gasteiger partial charge in [-0.25, -0.2) is 0 Å². The lowest BCUT2D eigenvalue weighted by Gasteiger charge is -2.19. The quantitative estimate of drug-likeness (QED) is 0.562. The molecule has 1 heterocycles. The summed E-state index contributed by atoms with van der Waals surface area (Å²) in [6.07, 6.45) is 1.28. The molecule has 1 unspecified atom stereocenters. The van der Waals surface area contributed by atoms with Gasteiger partial charge < -0.3 is 16.2 Å². The summed E-state index contributed by atoms with van der Waals surface area (Å²) in [5.41, 5.74) is 4.51. The van der Waals surface area contributed by atoms with E-state index >= 15 is 0 Å². The Morgan fingerprint density at radius 1 is 1.56 bits per heavy atom. The number of carbonyl (C=O) groups excluding carboxylic acids is 1. The molecule has 4 N–H and O–H groups in total. The molecule has 0 spiro atoms. The van der Waals surface area contributed by atoms with Crippen LogP contribution in [-0.2, 0) is 9.59 Å². The Morgan fingerprint density at radius 3 is 2.75 bits per heavy atom. The standard InChI is InChI=1S/C10H19N3O3/c1-2-4-12-8(14)6-13-5-3-10(11,7-13)9(15)16/h2-7,11H2,1H3,(H,12,14)(H,15,16). The SMILES string of the molecule is CCCNC(=O)CN1CCC(N)(C(=O)O)C1. The second-order valence-electron chi connectivity index (χ2n) is 4.27. The molecule has 1 rings (SSSR count). The average Bonchev–Trinajstić information content (AvgIpc) is 2.58. The summed E-state index contributed by atoms with van der Waals surface area (Å²) in [5.74, 6) is -1.07. The number of carboxylic acid groups (broad SMARTS) is 1. The van der Waals surface area contributed by atoms with E-state index in [2.05, 4.69) is 5.32 Å². The Hall–Kier alpha value is -1.14. The van der Waals surface area contributed by atoms with E-state index in [0.29, 0.717) is 19.5 Å². The maximum atomic E-state index is 11.4. The topological polar surface area (TPSA) is 95.7 Å². The summed E-state index contributed by atoms with van der Waals surface area (Å²) in [4.78, 5) is 24.0. The Balaban J connectivity index is 2.37. The van der Waals surface area contributed by atoms with Gasteiger partial charge >= 0.3 is 5.97 Å². The number of hydrogen-bond donors (Lipinski definition) is 3. The third-order valence-electron chi connectivity index (χ3n) is 2.75. The molecule has 92 valence electrons. The highest BCUT2D eigenvalue weighted by molar-refractivity contribution is 5.80. The first-order chi connectivity index (χ1) is 7.48. The van der Waals surface area contributed by atoms with Crippen LogP contribution in [0.1, 0.15) is 19.8 Å². The summed E-state index contributed by atoms with van der Waals surface area (Å²) in [6, 6.07) is 0. The van der Waals surface area contributed by atoms with Crippen LogP contribution in [0.3, 0.4) is 0 Å². The van der Waals surface area contributed by atoms with Crippen molar-refractivity contribution in [3.8, 4) is 0 Å². The fourth-order valence-corrected chi connectivity index (χ4v) is 1.75. The number of likely N-dealkylation sites (tertiary alicyclic amines) is 1. The number of rotatable bonds is 5. The van der Waals surface area contributed by atoms with Crippen molar-refractivity contribution in [2.45, 2.75) is 25.3 Å². The number of amides is 1. The molecular formula is C10H19N3O3. The smallest absolute Gasteiger partial charge is 0.325 e. The lowest BCUT2D eigenvalue weighted by molar-refractivity contribution is -0.143. The van der Waals surface area contributed by atoms with E-state index in [1.54, 1.807) is 4.90 Å². The van der Waals surface area contributed by atoms with Crippen LogP contribution >= 0.6 is 0 Å². The lowest BCUT2D eigenvalue weighted by atomic mass is 10.0. The molecule has 0 aliphatic carbocycles. The van der Waals surface area contributed by atoms with Crippen LogP contribution < -0.4 is 11.1 Å². The van der Waals surface area contributed by atoms with E-state index in [-0.39, 0.29) is 19.0 Å². The highest BCUT2D eigenvalue weighted by Crippen LogP contribution is 2.18. The van der Waals surface area contributed by atoms with Gasteiger partial charge in [0.25, 0.3) is 0 Å². The molecule has 0 aromatic rings. The number of nitrogens with zero attached hydrogens (tertiary/aromatic N) is 1. The van der Waals surface area contributed by atoms with Crippen molar-refractivity contribution in [3.05, 3.63) is 0 Å². The van der Waals surface area contributed by atoms with E-state index in [9.17, 15) is 9.59 Å². The first-order valence-corrected chi connectivity index (χ1v) is 5.49. The largest absolute Gasteiger partial charge is 0.480 e. The van der Waals surface area contributed by atoms with Crippen molar-refractivity contribution in [2.75, 3.05) is 26.2 Å². The van der Waals surface area contributed by atoms with E-state index in [4.69, 9.17) is 10.8 Å². The van der Waals surface area contributed by atoms with Gasteiger partial charge in [0.05, 0.1) is 6.54 Å². The van der Waals surface area contributed by atoms with Crippen molar-refractivity contribution in [2.24, 2.45) is 5.73 Å². The second kappa shape index (κ2) is 5.27. The zero-order valence-electron chi connectivity index (χ0n) is 9.53. The first-order valence-electron chi connectivity index (χ1n) is 5.49. The molecule has 16 heavy (non-hydrogen) atoms. The van der Waals surface area contributed by atoms with Crippen LogP contribution in [0.2, 0.25) is 0 Å². The molecule has 0 saturated carbocycles. The predicted octanol–water partition coefficient (Wildman–Crippen LogP) is -1.000. The van der Waals surface area contributed by atoms with Gasteiger partial charge in [-0.2, -0.15) is 0 Å². The number of nitrogens with one attached hydrogen (secondary N) is 1. The van der Waals surface area contributed by atoms with Gasteiger partial charge in [-0.1, -0.05) is 6.92 Å². The van der Waals surface area contributed by atoms with Crippen LogP contribution in [0.4, 0.5) is 0 Å². The van der Waals surface area contributed by atoms with Crippen molar-refractivity contribution in [1.82, 2.24) is 10.2 Å². The van der Waals surface area contributed by atoms with Gasteiger partial charge in [0.1, 0.15) is 5.54 Å². The van der Waals surface area contributed by atoms with Crippen LogP contribution in [-0.4, -0.2) is 53.6 Å². The van der Waals surface area contributed by atoms with E-state index in [1.807, 2.05) is 6.92 Å². The molecule has 0 aromatic carbocycles. The van der Waals surface area contributed by atoms with Gasteiger partial charge in [0.2, 0.25) is 5.91 Å². The van der Waals surface area contributed by atoms with Gasteiger partial charge in [0.15, 0.2) is 0 Å². The molecule has 1 fully saturated rings. The molecule has 0 aromatic heterocycles. The number of carbonyl (C=O) groups is 2. The molecule has 6 nitrogen and oxygen atoms in total. The molecule has 1 aliphatic heterocycles. The van der Waals surface area contributed by atoms with E-state index in [1.165, 1.54) is 0 Å². The number of hydrogen-bond acceptors (Lipinski definition) is 4. The fourth-order valence-electron chi connectivity index (χ4n) is 1.75. The predicted molar refractivity (Wildman–Crippen MR) is 58.9 cm³/mol. The summed E-state index contributed by atoms with van der Waals surface area (Å²) in [6.45, 7) is 3.65. The maximum absolute atomic E-state index is 11.4. The molecule has 0 radical (unpaired) electrons. The van der Waals surface area contributed by atoms with Gasteiger partial charge in [-0.3, -0.25) is 14.5 Å². The van der Waals surface area contributed by atoms with Crippen LogP contribution in [0.15, 0.2) is 0 Å². The Labute approximate surface area is 94.8 Å². The molecular weight excluding hydrogens is 210 g/mol. The molecule has 1 saturated heterocycles. The fraction of sp³-hybridized carbons (Fsp3) is 0.800. The minimum Gasteiger partial charge on any atom is -0.480 e. The summed E-state index contributed by atoms with van der Waals surface area (Å²) in [5, 5.41) is 11.7. The maximum Gasteiger partial charge on any atom is 0.325 e. The van der Waals surface area contributed by atoms with Crippen molar-refractivity contribution < 1.29 is 14.7 Å². The zero-order chi connectivity index (χ0) is 12.2. The van der Waals surface area contributed by atoms with Gasteiger partial charge in [-0.05, 0) is 12.8 Å². The third-order valence-corrected chi connectivity index (χ3v) is 2.75. The number of nitrogens with two attached hydrogens (primary N) is 1. The van der Waals surface area contributed by atoms with Crippen LogP contribution in [0.5, 0.6) is 0 Å². The van der Waals surface area contributed by atoms with Gasteiger partial charge in [-0.15, -0.1) is 0 Å². The third kappa shape index (κ3) is 3.18. The van der Waals surface area contributed by atoms with Crippen LogP contribution in [0.25, 0.3) is 0 Å². The first kappa shape index (κ1) is 12.9. The minimum atomic E-state index is -1.19. The number of aliphatic carboxylic acids is 1. The lowest BCUT2D eigenvalue weighted by Crippen LogP contribution is -2.50. The average molecular weight is 229 g/mol.